The number of pyridine rings is 1. The quantitative estimate of drug-likeness (QED) is 0.308. The van der Waals surface area contributed by atoms with Crippen LogP contribution in [0.25, 0.3) is 21.7 Å². The Morgan fingerprint density at radius 3 is 2.56 bits per heavy atom. The summed E-state index contributed by atoms with van der Waals surface area (Å²) in [6.07, 6.45) is 4.55. The number of aromatic hydroxyl groups is 1. The second-order valence-electron chi connectivity index (χ2n) is 8.39. The molecule has 0 amide bonds. The molecule has 10 heteroatoms. The number of sulfonamides is 1. The first kappa shape index (κ1) is 24.0. The molecule has 0 fully saturated rings. The average Bonchev–Trinajstić information content (AvgIpc) is 3.49. The number of thiophene rings is 1. The molecule has 1 N–H and O–H groups in total. The molecule has 0 radical (unpaired) electrons. The van der Waals surface area contributed by atoms with Crippen molar-refractivity contribution < 1.29 is 23.0 Å². The van der Waals surface area contributed by atoms with Gasteiger partial charge < -0.3 is 19.1 Å². The lowest BCUT2D eigenvalue weighted by molar-refractivity contribution is 0.311. The van der Waals surface area contributed by atoms with Crippen LogP contribution in [0.5, 0.6) is 17.4 Å². The Morgan fingerprint density at radius 2 is 1.89 bits per heavy atom. The normalized spacial score (nSPS) is 11.8. The Morgan fingerprint density at radius 1 is 1.11 bits per heavy atom. The number of aromatic nitrogens is 2. The minimum absolute atomic E-state index is 0.0150. The highest BCUT2D eigenvalue weighted by molar-refractivity contribution is 7.92. The highest BCUT2D eigenvalue weighted by Gasteiger charge is 2.27. The van der Waals surface area contributed by atoms with Crippen molar-refractivity contribution in [3.63, 3.8) is 0 Å². The summed E-state index contributed by atoms with van der Waals surface area (Å²) in [6.45, 7) is 0.656. The molecule has 3 heterocycles. The van der Waals surface area contributed by atoms with Gasteiger partial charge in [-0.2, -0.15) is 0 Å². The van der Waals surface area contributed by atoms with E-state index in [2.05, 4.69) is 4.98 Å². The number of methoxy groups -OCH3 is 1. The third kappa shape index (κ3) is 4.33. The van der Waals surface area contributed by atoms with Crippen LogP contribution in [-0.2, 0) is 23.2 Å². The van der Waals surface area contributed by atoms with Crippen LogP contribution in [0, 0.1) is 0 Å². The summed E-state index contributed by atoms with van der Waals surface area (Å²) in [4.78, 5) is 5.59. The van der Waals surface area contributed by atoms with Crippen molar-refractivity contribution in [2.45, 2.75) is 13.2 Å². The van der Waals surface area contributed by atoms with Crippen LogP contribution in [0.1, 0.15) is 10.4 Å². The average molecular weight is 524 g/mol. The fourth-order valence-electron chi connectivity index (χ4n) is 4.20. The first-order valence-electron chi connectivity index (χ1n) is 11.1. The first-order chi connectivity index (χ1) is 17.3. The lowest BCUT2D eigenvalue weighted by Gasteiger charge is -2.21. The molecule has 0 spiro atoms. The van der Waals surface area contributed by atoms with Crippen LogP contribution < -0.4 is 13.8 Å². The molecular weight excluding hydrogens is 498 g/mol. The number of ether oxygens (including phenoxy) is 2. The standard InChI is InChI=1S/C26H25N3O5S2/c1-28(36(3,31)32)24-20-7-4-12-27-23(20)25(34-16-17-8-10-18(33-2)11-9-17)22-21(24)15-29(26(22)30)14-19-6-5-13-35-19/h4-13,15,30H,14,16H2,1-3H3. The number of fused-ring (bicyclic) bond motifs is 2. The molecule has 0 aliphatic carbocycles. The summed E-state index contributed by atoms with van der Waals surface area (Å²) >= 11 is 1.58. The van der Waals surface area contributed by atoms with Crippen molar-refractivity contribution in [2.75, 3.05) is 24.7 Å². The van der Waals surface area contributed by atoms with Gasteiger partial charge in [0.1, 0.15) is 17.9 Å². The predicted octanol–water partition coefficient (Wildman–Crippen LogP) is 4.99. The van der Waals surface area contributed by atoms with Gasteiger partial charge in [-0.3, -0.25) is 9.29 Å². The van der Waals surface area contributed by atoms with E-state index in [4.69, 9.17) is 9.47 Å². The summed E-state index contributed by atoms with van der Waals surface area (Å²) in [5.41, 5.74) is 1.81. The maximum Gasteiger partial charge on any atom is 0.232 e. The Hall–Kier alpha value is -3.76. The van der Waals surface area contributed by atoms with Gasteiger partial charge in [0.05, 0.1) is 31.0 Å². The van der Waals surface area contributed by atoms with Crippen molar-refractivity contribution in [3.8, 4) is 17.4 Å². The molecular formula is C26H25N3O5S2. The maximum atomic E-state index is 12.6. The zero-order valence-corrected chi connectivity index (χ0v) is 21.6. The van der Waals surface area contributed by atoms with Gasteiger partial charge >= 0.3 is 0 Å². The van der Waals surface area contributed by atoms with E-state index in [9.17, 15) is 13.5 Å². The molecule has 5 rings (SSSR count). The second kappa shape index (κ2) is 9.36. The highest BCUT2D eigenvalue weighted by Crippen LogP contribution is 2.47. The van der Waals surface area contributed by atoms with Crippen molar-refractivity contribution >= 4 is 48.7 Å². The Kier molecular flexibility index (Phi) is 6.23. The van der Waals surface area contributed by atoms with E-state index < -0.39 is 10.0 Å². The molecule has 3 aromatic heterocycles. The van der Waals surface area contributed by atoms with Gasteiger partial charge in [0.15, 0.2) is 5.75 Å². The molecule has 5 aromatic rings. The smallest absolute Gasteiger partial charge is 0.232 e. The highest BCUT2D eigenvalue weighted by atomic mass is 32.2. The lowest BCUT2D eigenvalue weighted by atomic mass is 10.1. The molecule has 2 aromatic carbocycles. The van der Waals surface area contributed by atoms with Gasteiger partial charge in [-0.1, -0.05) is 18.2 Å². The van der Waals surface area contributed by atoms with Crippen LogP contribution in [0.3, 0.4) is 0 Å². The Balaban J connectivity index is 1.73. The zero-order valence-electron chi connectivity index (χ0n) is 20.0. The number of nitrogens with zero attached hydrogens (tertiary/aromatic N) is 3. The van der Waals surface area contributed by atoms with Gasteiger partial charge in [-0.15, -0.1) is 11.3 Å². The number of rotatable bonds is 8. The molecule has 36 heavy (non-hydrogen) atoms. The molecule has 8 nitrogen and oxygen atoms in total. The van der Waals surface area contributed by atoms with Gasteiger partial charge in [-0.25, -0.2) is 8.42 Å². The van der Waals surface area contributed by atoms with Crippen LogP contribution in [0.15, 0.2) is 66.3 Å². The van der Waals surface area contributed by atoms with Crippen LogP contribution >= 0.6 is 11.3 Å². The van der Waals surface area contributed by atoms with Crippen molar-refractivity contribution in [3.05, 3.63) is 76.7 Å². The van der Waals surface area contributed by atoms with Crippen molar-refractivity contribution in [1.82, 2.24) is 9.55 Å². The number of hydrogen-bond acceptors (Lipinski definition) is 7. The van der Waals surface area contributed by atoms with E-state index in [1.165, 1.54) is 11.4 Å². The molecule has 186 valence electrons. The first-order valence-corrected chi connectivity index (χ1v) is 13.8. The van der Waals surface area contributed by atoms with Gasteiger partial charge in [0.25, 0.3) is 0 Å². The van der Waals surface area contributed by atoms with Crippen molar-refractivity contribution in [2.24, 2.45) is 0 Å². The van der Waals surface area contributed by atoms with E-state index >= 15 is 0 Å². The molecule has 0 bridgehead atoms. The van der Waals surface area contributed by atoms with E-state index in [0.717, 1.165) is 22.4 Å². The molecule has 0 aliphatic rings. The molecule has 0 atom stereocenters. The topological polar surface area (TPSA) is 93.9 Å². The molecule has 0 unspecified atom stereocenters. The lowest BCUT2D eigenvalue weighted by Crippen LogP contribution is -2.25. The second-order valence-corrected chi connectivity index (χ2v) is 11.4. The van der Waals surface area contributed by atoms with Gasteiger partial charge in [-0.05, 0) is 41.3 Å². The molecule has 0 saturated carbocycles. The number of benzene rings is 2. The van der Waals surface area contributed by atoms with Crippen LogP contribution in [-0.4, -0.2) is 43.5 Å². The van der Waals surface area contributed by atoms with Crippen molar-refractivity contribution in [1.29, 1.82) is 0 Å². The fraction of sp³-hybridized carbons (Fsp3) is 0.192. The number of hydrogen-bond donors (Lipinski definition) is 1. The SMILES string of the molecule is COc1ccc(COc2c3ncccc3c(N(C)S(C)(=O)=O)c3cn(Cc4cccs4)c(O)c23)cc1. The van der Waals surface area contributed by atoms with E-state index in [-0.39, 0.29) is 12.5 Å². The predicted molar refractivity (Wildman–Crippen MR) is 143 cm³/mol. The minimum atomic E-state index is -3.60. The third-order valence-corrected chi connectivity index (χ3v) is 8.11. The Bertz CT molecular complexity index is 1640. The summed E-state index contributed by atoms with van der Waals surface area (Å²) in [5, 5.41) is 14.9. The summed E-state index contributed by atoms with van der Waals surface area (Å²) in [6, 6.07) is 15.0. The summed E-state index contributed by atoms with van der Waals surface area (Å²) < 4.78 is 39.7. The summed E-state index contributed by atoms with van der Waals surface area (Å²) in [5.74, 6) is 1.12. The third-order valence-electron chi connectivity index (χ3n) is 6.07. The van der Waals surface area contributed by atoms with Crippen LogP contribution in [0.2, 0.25) is 0 Å². The monoisotopic (exact) mass is 523 g/mol. The Labute approximate surface area is 213 Å². The minimum Gasteiger partial charge on any atom is -0.497 e. The van der Waals surface area contributed by atoms with Gasteiger partial charge in [0.2, 0.25) is 15.9 Å². The fourth-order valence-corrected chi connectivity index (χ4v) is 5.43. The van der Waals surface area contributed by atoms with E-state index in [1.807, 2.05) is 47.8 Å². The summed E-state index contributed by atoms with van der Waals surface area (Å²) in [7, 11) is -0.491. The van der Waals surface area contributed by atoms with E-state index in [1.54, 1.807) is 41.5 Å². The zero-order chi connectivity index (χ0) is 25.4. The van der Waals surface area contributed by atoms with Crippen LogP contribution in [0.4, 0.5) is 5.69 Å². The molecule has 0 aliphatic heterocycles. The van der Waals surface area contributed by atoms with E-state index in [0.29, 0.717) is 39.7 Å². The molecule has 0 saturated heterocycles. The maximum absolute atomic E-state index is 12.6. The number of anilines is 1. The largest absolute Gasteiger partial charge is 0.497 e. The van der Waals surface area contributed by atoms with Gasteiger partial charge in [0, 0.05) is 35.1 Å².